The summed E-state index contributed by atoms with van der Waals surface area (Å²) in [6.07, 6.45) is 1.47. The Balaban J connectivity index is 1.95. The van der Waals surface area contributed by atoms with Crippen LogP contribution < -0.4 is 21.9 Å². The van der Waals surface area contributed by atoms with E-state index in [1.54, 1.807) is 4.57 Å². The molecule has 0 radical (unpaired) electrons. The van der Waals surface area contributed by atoms with Crippen molar-refractivity contribution in [1.82, 2.24) is 9.55 Å². The highest BCUT2D eigenvalue weighted by molar-refractivity contribution is 5.88. The molecule has 1 aromatic carbocycles. The number of nitrogens with two attached hydrogens (primary N) is 1. The molecule has 1 aromatic heterocycles. The largest absolute Gasteiger partial charge is 0.369 e. The zero-order chi connectivity index (χ0) is 17.2. The van der Waals surface area contributed by atoms with Crippen LogP contribution in [0.15, 0.2) is 15.7 Å². The van der Waals surface area contributed by atoms with Crippen molar-refractivity contribution >= 4 is 16.6 Å². The van der Waals surface area contributed by atoms with E-state index in [1.807, 2.05) is 18.7 Å². The number of hydrogen-bond acceptors (Lipinski definition) is 4. The molecule has 1 unspecified atom stereocenters. The predicted octanol–water partition coefficient (Wildman–Crippen LogP) is 1.12. The van der Waals surface area contributed by atoms with Gasteiger partial charge in [0.15, 0.2) is 0 Å². The maximum absolute atomic E-state index is 14.9. The fraction of sp³-hybridized carbons (Fsp3) is 0.529. The SMILES string of the molecule is CC1Cc2c(N3CC[C@@H]([C@H](C)N)C3)c(F)cc3c(=O)[nH]c(=O)n1c23. The maximum atomic E-state index is 14.9. The standard InChI is InChI=1S/C17H21FN4O2/c1-8-5-11-14-12(16(23)20-17(24)22(8)14)6-13(18)15(11)21-4-3-10(7-21)9(2)19/h6,8-10H,3-5,7,19H2,1-2H3,(H,20,23,24)/t8?,9-,10+/m0/s1. The average molecular weight is 332 g/mol. The molecule has 6 nitrogen and oxygen atoms in total. The third-order valence-electron chi connectivity index (χ3n) is 5.47. The first-order valence-corrected chi connectivity index (χ1v) is 8.39. The van der Waals surface area contributed by atoms with E-state index in [2.05, 4.69) is 4.98 Å². The van der Waals surface area contributed by atoms with E-state index in [0.717, 1.165) is 18.5 Å². The Bertz CT molecular complexity index is 946. The minimum Gasteiger partial charge on any atom is -0.369 e. The van der Waals surface area contributed by atoms with Crippen molar-refractivity contribution < 1.29 is 4.39 Å². The number of nitrogens with zero attached hydrogens (tertiary/aromatic N) is 2. The van der Waals surface area contributed by atoms with Gasteiger partial charge in [0.05, 0.1) is 16.6 Å². The van der Waals surface area contributed by atoms with Crippen LogP contribution in [0, 0.1) is 11.7 Å². The first-order chi connectivity index (χ1) is 11.4. The lowest BCUT2D eigenvalue weighted by atomic mass is 10.0. The number of hydrogen-bond donors (Lipinski definition) is 2. The summed E-state index contributed by atoms with van der Waals surface area (Å²) >= 11 is 0. The molecule has 3 heterocycles. The molecule has 0 bridgehead atoms. The molecule has 7 heteroatoms. The van der Waals surface area contributed by atoms with Crippen molar-refractivity contribution in [3.63, 3.8) is 0 Å². The van der Waals surface area contributed by atoms with Crippen LogP contribution in [0.2, 0.25) is 0 Å². The Morgan fingerprint density at radius 2 is 2.17 bits per heavy atom. The summed E-state index contributed by atoms with van der Waals surface area (Å²) in [6.45, 7) is 5.33. The van der Waals surface area contributed by atoms with Gasteiger partial charge in [0.2, 0.25) is 0 Å². The van der Waals surface area contributed by atoms with Crippen LogP contribution >= 0.6 is 0 Å². The molecule has 0 amide bonds. The molecule has 2 aliphatic heterocycles. The van der Waals surface area contributed by atoms with Gasteiger partial charge in [-0.15, -0.1) is 0 Å². The second kappa shape index (κ2) is 5.17. The van der Waals surface area contributed by atoms with E-state index in [9.17, 15) is 14.0 Å². The molecule has 128 valence electrons. The van der Waals surface area contributed by atoms with Gasteiger partial charge in [0.25, 0.3) is 5.56 Å². The third-order valence-corrected chi connectivity index (χ3v) is 5.47. The lowest BCUT2D eigenvalue weighted by Crippen LogP contribution is -2.31. The Kier molecular flexibility index (Phi) is 3.32. The summed E-state index contributed by atoms with van der Waals surface area (Å²) in [5.74, 6) is -0.0693. The normalized spacial score (nSPS) is 24.1. The van der Waals surface area contributed by atoms with Gasteiger partial charge in [-0.3, -0.25) is 14.3 Å². The molecule has 1 fully saturated rings. The zero-order valence-corrected chi connectivity index (χ0v) is 13.8. The fourth-order valence-electron chi connectivity index (χ4n) is 4.22. The molecule has 1 saturated heterocycles. The molecule has 2 aliphatic rings. The van der Waals surface area contributed by atoms with Crippen molar-refractivity contribution in [2.24, 2.45) is 11.7 Å². The summed E-state index contributed by atoms with van der Waals surface area (Å²) in [7, 11) is 0. The Morgan fingerprint density at radius 3 is 2.83 bits per heavy atom. The van der Waals surface area contributed by atoms with Crippen molar-refractivity contribution in [2.75, 3.05) is 18.0 Å². The van der Waals surface area contributed by atoms with E-state index in [0.29, 0.717) is 30.1 Å². The highest BCUT2D eigenvalue weighted by atomic mass is 19.1. The van der Waals surface area contributed by atoms with Crippen LogP contribution in [-0.2, 0) is 6.42 Å². The first-order valence-electron chi connectivity index (χ1n) is 8.39. The zero-order valence-electron chi connectivity index (χ0n) is 13.8. The quantitative estimate of drug-likeness (QED) is 0.863. The molecule has 0 spiro atoms. The number of nitrogens with one attached hydrogen (secondary N) is 1. The minimum absolute atomic E-state index is 0.0621. The summed E-state index contributed by atoms with van der Waals surface area (Å²) in [4.78, 5) is 28.6. The second-order valence-electron chi connectivity index (χ2n) is 7.12. The minimum atomic E-state index is -0.526. The average Bonchev–Trinajstić information content (AvgIpc) is 3.09. The van der Waals surface area contributed by atoms with Crippen LogP contribution in [-0.4, -0.2) is 28.7 Å². The fourth-order valence-corrected chi connectivity index (χ4v) is 4.22. The molecule has 24 heavy (non-hydrogen) atoms. The van der Waals surface area contributed by atoms with Crippen molar-refractivity contribution in [1.29, 1.82) is 0 Å². The molecule has 3 N–H and O–H groups in total. The molecule has 4 rings (SSSR count). The number of halogens is 1. The topological polar surface area (TPSA) is 84.1 Å². The monoisotopic (exact) mass is 332 g/mol. The molecular weight excluding hydrogens is 311 g/mol. The number of benzene rings is 1. The van der Waals surface area contributed by atoms with Gasteiger partial charge >= 0.3 is 5.69 Å². The molecular formula is C17H21FN4O2. The van der Waals surface area contributed by atoms with Crippen molar-refractivity contribution in [2.45, 2.75) is 38.8 Å². The van der Waals surface area contributed by atoms with E-state index in [4.69, 9.17) is 5.73 Å². The molecule has 2 aromatic rings. The highest BCUT2D eigenvalue weighted by Gasteiger charge is 2.33. The summed E-state index contributed by atoms with van der Waals surface area (Å²) < 4.78 is 16.4. The number of aromatic nitrogens is 2. The third kappa shape index (κ3) is 2.04. The van der Waals surface area contributed by atoms with Gasteiger partial charge in [-0.25, -0.2) is 9.18 Å². The van der Waals surface area contributed by atoms with Gasteiger partial charge < -0.3 is 10.6 Å². The van der Waals surface area contributed by atoms with Crippen LogP contribution in [0.3, 0.4) is 0 Å². The summed E-state index contributed by atoms with van der Waals surface area (Å²) in [6, 6.07) is 1.23. The predicted molar refractivity (Wildman–Crippen MR) is 91.2 cm³/mol. The van der Waals surface area contributed by atoms with Crippen molar-refractivity contribution in [3.8, 4) is 0 Å². The van der Waals surface area contributed by atoms with E-state index in [-0.39, 0.29) is 17.5 Å². The lowest BCUT2D eigenvalue weighted by Gasteiger charge is -2.23. The van der Waals surface area contributed by atoms with Crippen molar-refractivity contribution in [3.05, 3.63) is 38.3 Å². The Morgan fingerprint density at radius 1 is 1.42 bits per heavy atom. The smallest absolute Gasteiger partial charge is 0.329 e. The first kappa shape index (κ1) is 15.4. The highest BCUT2D eigenvalue weighted by Crippen LogP contribution is 2.39. The number of aromatic amines is 1. The molecule has 0 aliphatic carbocycles. The number of anilines is 1. The number of H-pyrrole nitrogens is 1. The summed E-state index contributed by atoms with van der Waals surface area (Å²) in [5, 5.41) is 0.248. The van der Waals surface area contributed by atoms with E-state index < -0.39 is 17.1 Å². The molecule has 0 saturated carbocycles. The number of rotatable bonds is 2. The van der Waals surface area contributed by atoms with E-state index >= 15 is 0 Å². The maximum Gasteiger partial charge on any atom is 0.329 e. The van der Waals surface area contributed by atoms with Gasteiger partial charge in [-0.1, -0.05) is 0 Å². The van der Waals surface area contributed by atoms with Gasteiger partial charge in [0.1, 0.15) is 5.82 Å². The Labute approximate surface area is 138 Å². The van der Waals surface area contributed by atoms with Crippen LogP contribution in [0.5, 0.6) is 0 Å². The van der Waals surface area contributed by atoms with Gasteiger partial charge in [-0.2, -0.15) is 0 Å². The van der Waals surface area contributed by atoms with Crippen LogP contribution in [0.1, 0.15) is 31.9 Å². The lowest BCUT2D eigenvalue weighted by molar-refractivity contribution is 0.487. The van der Waals surface area contributed by atoms with E-state index in [1.165, 1.54) is 6.07 Å². The van der Waals surface area contributed by atoms with Gasteiger partial charge in [0, 0.05) is 30.7 Å². The Hall–Kier alpha value is -2.15. The van der Waals surface area contributed by atoms with Crippen LogP contribution in [0.25, 0.3) is 10.9 Å². The van der Waals surface area contributed by atoms with Crippen LogP contribution in [0.4, 0.5) is 10.1 Å². The van der Waals surface area contributed by atoms with Gasteiger partial charge in [-0.05, 0) is 38.7 Å². The summed E-state index contributed by atoms with van der Waals surface area (Å²) in [5.41, 5.74) is 6.93. The second-order valence-corrected chi connectivity index (χ2v) is 7.12. The molecule has 3 atom stereocenters.